The minimum atomic E-state index is 0.481. The van der Waals surface area contributed by atoms with Gasteiger partial charge in [-0.15, -0.1) is 11.3 Å². The van der Waals surface area contributed by atoms with E-state index in [1.807, 2.05) is 31.6 Å². The van der Waals surface area contributed by atoms with Gasteiger partial charge in [0.1, 0.15) is 0 Å². The van der Waals surface area contributed by atoms with Gasteiger partial charge < -0.3 is 0 Å². The molecule has 0 aromatic carbocycles. The number of rotatable bonds is 1. The molecule has 0 aliphatic rings. The lowest BCUT2D eigenvalue weighted by atomic mass is 10.1. The third-order valence-corrected chi connectivity index (χ3v) is 2.69. The molecule has 0 aliphatic carbocycles. The molecule has 2 heterocycles. The highest BCUT2D eigenvalue weighted by Gasteiger charge is 2.07. The van der Waals surface area contributed by atoms with Gasteiger partial charge in [-0.25, -0.2) is 4.98 Å². The fourth-order valence-corrected chi connectivity index (χ4v) is 2.15. The molecule has 0 saturated carbocycles. The van der Waals surface area contributed by atoms with Crippen LogP contribution in [0.15, 0.2) is 17.8 Å². The monoisotopic (exact) mass is 208 g/mol. The summed E-state index contributed by atoms with van der Waals surface area (Å²) in [6.45, 7) is 8.31. The van der Waals surface area contributed by atoms with Crippen molar-refractivity contribution in [2.24, 2.45) is 0 Å². The Balaban J connectivity index is 0.000000461. The van der Waals surface area contributed by atoms with Crippen LogP contribution in [0.5, 0.6) is 0 Å². The number of fused-ring (bicyclic) bond motifs is 1. The second-order valence-electron chi connectivity index (χ2n) is 3.05. The third-order valence-electron chi connectivity index (χ3n) is 1.82. The molecular formula is C11H16N2S. The molecule has 0 atom stereocenters. The van der Waals surface area contributed by atoms with Gasteiger partial charge in [-0.1, -0.05) is 27.7 Å². The van der Waals surface area contributed by atoms with Gasteiger partial charge in [0.2, 0.25) is 0 Å². The Labute approximate surface area is 89.0 Å². The Morgan fingerprint density at radius 1 is 1.21 bits per heavy atom. The van der Waals surface area contributed by atoms with Gasteiger partial charge >= 0.3 is 0 Å². The average Bonchev–Trinajstić information content (AvgIpc) is 2.67. The van der Waals surface area contributed by atoms with Gasteiger partial charge in [0.25, 0.3) is 0 Å². The van der Waals surface area contributed by atoms with Crippen LogP contribution < -0.4 is 0 Å². The summed E-state index contributed by atoms with van der Waals surface area (Å²) >= 11 is 1.67. The van der Waals surface area contributed by atoms with Gasteiger partial charge in [0.05, 0.1) is 21.4 Å². The molecule has 2 nitrogen and oxygen atoms in total. The number of aromatic nitrogens is 2. The molecule has 3 heteroatoms. The molecule has 0 amide bonds. The van der Waals surface area contributed by atoms with Crippen molar-refractivity contribution in [1.29, 1.82) is 0 Å². The molecule has 0 aliphatic heterocycles. The van der Waals surface area contributed by atoms with Crippen LogP contribution in [0.2, 0.25) is 0 Å². The smallest absolute Gasteiger partial charge is 0.0846 e. The van der Waals surface area contributed by atoms with E-state index in [1.165, 1.54) is 4.70 Å². The minimum absolute atomic E-state index is 0.481. The van der Waals surface area contributed by atoms with Crippen LogP contribution in [0.25, 0.3) is 10.2 Å². The largest absolute Gasteiger partial charge is 0.259 e. The molecule has 0 unspecified atom stereocenters. The zero-order valence-corrected chi connectivity index (χ0v) is 9.93. The molecular weight excluding hydrogens is 192 g/mol. The average molecular weight is 208 g/mol. The van der Waals surface area contributed by atoms with E-state index in [-0.39, 0.29) is 0 Å². The topological polar surface area (TPSA) is 25.8 Å². The van der Waals surface area contributed by atoms with E-state index in [0.717, 1.165) is 11.2 Å². The molecule has 76 valence electrons. The van der Waals surface area contributed by atoms with E-state index >= 15 is 0 Å². The van der Waals surface area contributed by atoms with E-state index in [0.29, 0.717) is 5.92 Å². The summed E-state index contributed by atoms with van der Waals surface area (Å²) in [5, 5.41) is 0. The standard InChI is InChI=1S/C9H10N2S.C2H6/c1-6(2)8-9-7(3-4-10-8)11-5-12-9;1-2/h3-6H,1-2H3;1-2H3. The second kappa shape index (κ2) is 5.05. The van der Waals surface area contributed by atoms with E-state index in [2.05, 4.69) is 23.8 Å². The van der Waals surface area contributed by atoms with E-state index in [9.17, 15) is 0 Å². The van der Waals surface area contributed by atoms with Crippen molar-refractivity contribution in [2.45, 2.75) is 33.6 Å². The maximum atomic E-state index is 4.35. The van der Waals surface area contributed by atoms with Crippen molar-refractivity contribution in [3.05, 3.63) is 23.5 Å². The molecule has 0 N–H and O–H groups in total. The fraction of sp³-hybridized carbons (Fsp3) is 0.455. The van der Waals surface area contributed by atoms with Crippen LogP contribution >= 0.6 is 11.3 Å². The number of thiazole rings is 1. The van der Waals surface area contributed by atoms with Crippen LogP contribution in [-0.4, -0.2) is 9.97 Å². The zero-order valence-electron chi connectivity index (χ0n) is 9.11. The second-order valence-corrected chi connectivity index (χ2v) is 3.91. The molecule has 2 aromatic heterocycles. The quantitative estimate of drug-likeness (QED) is 0.711. The highest BCUT2D eigenvalue weighted by Crippen LogP contribution is 2.25. The van der Waals surface area contributed by atoms with Crippen molar-refractivity contribution in [1.82, 2.24) is 9.97 Å². The number of pyridine rings is 1. The minimum Gasteiger partial charge on any atom is -0.259 e. The molecule has 14 heavy (non-hydrogen) atoms. The van der Waals surface area contributed by atoms with Crippen molar-refractivity contribution in [3.8, 4) is 0 Å². The summed E-state index contributed by atoms with van der Waals surface area (Å²) in [6.07, 6.45) is 1.83. The van der Waals surface area contributed by atoms with Gasteiger partial charge in [0.15, 0.2) is 0 Å². The first kappa shape index (κ1) is 11.1. The van der Waals surface area contributed by atoms with Gasteiger partial charge in [0, 0.05) is 6.20 Å². The lowest BCUT2D eigenvalue weighted by Crippen LogP contribution is -1.91. The summed E-state index contributed by atoms with van der Waals surface area (Å²) in [5.74, 6) is 0.481. The van der Waals surface area contributed by atoms with Gasteiger partial charge in [-0.05, 0) is 12.0 Å². The van der Waals surface area contributed by atoms with Gasteiger partial charge in [-0.3, -0.25) is 4.98 Å². The normalized spacial score (nSPS) is 10.1. The fourth-order valence-electron chi connectivity index (χ4n) is 1.22. The van der Waals surface area contributed by atoms with Crippen LogP contribution in [0.4, 0.5) is 0 Å². The molecule has 0 saturated heterocycles. The lowest BCUT2D eigenvalue weighted by molar-refractivity contribution is 0.836. The first-order chi connectivity index (χ1) is 6.79. The summed E-state index contributed by atoms with van der Waals surface area (Å²) in [7, 11) is 0. The molecule has 0 bridgehead atoms. The highest BCUT2D eigenvalue weighted by molar-refractivity contribution is 7.16. The van der Waals surface area contributed by atoms with Crippen LogP contribution in [0.1, 0.15) is 39.3 Å². The third kappa shape index (κ3) is 2.10. The first-order valence-electron chi connectivity index (χ1n) is 4.97. The molecule has 0 radical (unpaired) electrons. The Bertz CT molecular complexity index is 393. The summed E-state index contributed by atoms with van der Waals surface area (Å²) in [6, 6.07) is 1.96. The molecule has 0 fully saturated rings. The lowest BCUT2D eigenvalue weighted by Gasteiger charge is -2.03. The maximum Gasteiger partial charge on any atom is 0.0846 e. The van der Waals surface area contributed by atoms with E-state index in [4.69, 9.17) is 0 Å². The SMILES string of the molecule is CC.CC(C)c1nccc2ncsc12. The van der Waals surface area contributed by atoms with Crippen molar-refractivity contribution >= 4 is 21.6 Å². The summed E-state index contributed by atoms with van der Waals surface area (Å²) < 4.78 is 1.23. The Morgan fingerprint density at radius 2 is 1.93 bits per heavy atom. The maximum absolute atomic E-state index is 4.35. The summed E-state index contributed by atoms with van der Waals surface area (Å²) in [4.78, 5) is 8.59. The predicted octanol–water partition coefficient (Wildman–Crippen LogP) is 3.84. The Morgan fingerprint density at radius 3 is 2.57 bits per heavy atom. The number of hydrogen-bond donors (Lipinski definition) is 0. The highest BCUT2D eigenvalue weighted by atomic mass is 32.1. The van der Waals surface area contributed by atoms with Crippen LogP contribution in [0.3, 0.4) is 0 Å². The molecule has 2 rings (SSSR count). The predicted molar refractivity (Wildman–Crippen MR) is 62.9 cm³/mol. The summed E-state index contributed by atoms with van der Waals surface area (Å²) in [5.41, 5.74) is 4.10. The Kier molecular flexibility index (Phi) is 4.01. The number of hydrogen-bond acceptors (Lipinski definition) is 3. The van der Waals surface area contributed by atoms with E-state index in [1.54, 1.807) is 11.3 Å². The Hall–Kier alpha value is -0.960. The zero-order chi connectivity index (χ0) is 10.6. The number of nitrogens with zero attached hydrogens (tertiary/aromatic N) is 2. The van der Waals surface area contributed by atoms with Crippen molar-refractivity contribution < 1.29 is 0 Å². The van der Waals surface area contributed by atoms with Crippen LogP contribution in [-0.2, 0) is 0 Å². The van der Waals surface area contributed by atoms with Gasteiger partial charge in [-0.2, -0.15) is 0 Å². The van der Waals surface area contributed by atoms with E-state index < -0.39 is 0 Å². The van der Waals surface area contributed by atoms with Crippen molar-refractivity contribution in [2.75, 3.05) is 0 Å². The van der Waals surface area contributed by atoms with Crippen LogP contribution in [0, 0.1) is 0 Å². The molecule has 2 aromatic rings. The molecule has 0 spiro atoms. The van der Waals surface area contributed by atoms with Crippen molar-refractivity contribution in [3.63, 3.8) is 0 Å². The first-order valence-corrected chi connectivity index (χ1v) is 5.85.